The first kappa shape index (κ1) is 19.5. The standard InChI is InChI=1S/C21H24Cl2N4O/c1-12-7-14(28-21(2,3)4)11-27(12)18-8-16(13-9-24-25-10-13)15-5-6-17(22)19(23)20(15)26-18/h5-6,8-10,12,14H,7,11H2,1-4H3,(H,24,25)/t12-,14-/m1/s1. The maximum absolute atomic E-state index is 6.53. The van der Waals surface area contributed by atoms with Gasteiger partial charge < -0.3 is 9.64 Å². The number of aromatic nitrogens is 3. The number of fused-ring (bicyclic) bond motifs is 1. The number of hydrogen-bond donors (Lipinski definition) is 1. The molecule has 1 aromatic carbocycles. The number of rotatable bonds is 3. The van der Waals surface area contributed by atoms with Crippen LogP contribution in [0.2, 0.25) is 10.0 Å². The Hall–Kier alpha value is -1.82. The highest BCUT2D eigenvalue weighted by molar-refractivity contribution is 6.45. The van der Waals surface area contributed by atoms with Gasteiger partial charge in [-0.25, -0.2) is 4.98 Å². The number of ether oxygens (including phenoxy) is 1. The van der Waals surface area contributed by atoms with Gasteiger partial charge in [-0.3, -0.25) is 5.10 Å². The fourth-order valence-electron chi connectivity index (χ4n) is 3.89. The van der Waals surface area contributed by atoms with Crippen molar-refractivity contribution in [3.63, 3.8) is 0 Å². The second-order valence-corrected chi connectivity index (χ2v) is 9.15. The van der Waals surface area contributed by atoms with Crippen molar-refractivity contribution in [3.8, 4) is 11.1 Å². The van der Waals surface area contributed by atoms with Crippen molar-refractivity contribution in [2.45, 2.75) is 51.9 Å². The van der Waals surface area contributed by atoms with Gasteiger partial charge in [-0.2, -0.15) is 5.10 Å². The van der Waals surface area contributed by atoms with Gasteiger partial charge in [-0.05, 0) is 51.8 Å². The highest BCUT2D eigenvalue weighted by Crippen LogP contribution is 2.38. The van der Waals surface area contributed by atoms with Crippen LogP contribution in [0.3, 0.4) is 0 Å². The highest BCUT2D eigenvalue weighted by Gasteiger charge is 2.33. The van der Waals surface area contributed by atoms with Crippen molar-refractivity contribution in [2.24, 2.45) is 0 Å². The smallest absolute Gasteiger partial charge is 0.130 e. The Labute approximate surface area is 175 Å². The molecule has 0 amide bonds. The molecule has 0 bridgehead atoms. The van der Waals surface area contributed by atoms with E-state index in [-0.39, 0.29) is 11.7 Å². The van der Waals surface area contributed by atoms with Crippen molar-refractivity contribution in [1.82, 2.24) is 15.2 Å². The van der Waals surface area contributed by atoms with Crippen LogP contribution in [-0.2, 0) is 4.74 Å². The molecule has 3 aromatic rings. The number of nitrogens with zero attached hydrogens (tertiary/aromatic N) is 3. The zero-order valence-corrected chi connectivity index (χ0v) is 18.0. The molecule has 0 spiro atoms. The van der Waals surface area contributed by atoms with Crippen LogP contribution in [0.15, 0.2) is 30.6 Å². The predicted molar refractivity (Wildman–Crippen MR) is 115 cm³/mol. The summed E-state index contributed by atoms with van der Waals surface area (Å²) in [6.07, 6.45) is 4.81. The van der Waals surface area contributed by atoms with Gasteiger partial charge in [0, 0.05) is 29.7 Å². The average Bonchev–Trinajstić information content (AvgIpc) is 3.26. The zero-order valence-electron chi connectivity index (χ0n) is 16.5. The third-order valence-electron chi connectivity index (χ3n) is 5.02. The third-order valence-corrected chi connectivity index (χ3v) is 5.81. The molecule has 1 N–H and O–H groups in total. The van der Waals surface area contributed by atoms with E-state index in [1.54, 1.807) is 6.20 Å². The van der Waals surface area contributed by atoms with E-state index in [2.05, 4.69) is 48.9 Å². The molecule has 28 heavy (non-hydrogen) atoms. The van der Waals surface area contributed by atoms with Gasteiger partial charge in [0.05, 0.1) is 33.5 Å². The molecule has 7 heteroatoms. The summed E-state index contributed by atoms with van der Waals surface area (Å²) in [4.78, 5) is 7.18. The van der Waals surface area contributed by atoms with Crippen molar-refractivity contribution in [3.05, 3.63) is 40.6 Å². The van der Waals surface area contributed by atoms with Crippen LogP contribution in [-0.4, -0.2) is 39.5 Å². The summed E-state index contributed by atoms with van der Waals surface area (Å²) in [6, 6.07) is 6.19. The van der Waals surface area contributed by atoms with E-state index in [0.717, 1.165) is 35.3 Å². The monoisotopic (exact) mass is 418 g/mol. The molecular weight excluding hydrogens is 395 g/mol. The molecule has 1 fully saturated rings. The molecular formula is C21H24Cl2N4O. The van der Waals surface area contributed by atoms with Crippen molar-refractivity contribution >= 4 is 39.9 Å². The number of hydrogen-bond acceptors (Lipinski definition) is 4. The van der Waals surface area contributed by atoms with Gasteiger partial charge in [-0.1, -0.05) is 29.3 Å². The normalized spacial score (nSPS) is 20.3. The van der Waals surface area contributed by atoms with Crippen molar-refractivity contribution in [1.29, 1.82) is 0 Å². The van der Waals surface area contributed by atoms with Gasteiger partial charge in [0.2, 0.25) is 0 Å². The summed E-state index contributed by atoms with van der Waals surface area (Å²) in [7, 11) is 0. The highest BCUT2D eigenvalue weighted by atomic mass is 35.5. The van der Waals surface area contributed by atoms with Crippen LogP contribution in [0.5, 0.6) is 0 Å². The molecule has 1 saturated heterocycles. The zero-order chi connectivity index (χ0) is 20.1. The van der Waals surface area contributed by atoms with Crippen LogP contribution in [0.4, 0.5) is 5.82 Å². The molecule has 1 aliphatic rings. The third kappa shape index (κ3) is 3.71. The largest absolute Gasteiger partial charge is 0.371 e. The molecule has 3 heterocycles. The Morgan fingerprint density at radius 3 is 2.71 bits per heavy atom. The van der Waals surface area contributed by atoms with Gasteiger partial charge in [-0.15, -0.1) is 0 Å². The molecule has 0 aliphatic carbocycles. The lowest BCUT2D eigenvalue weighted by molar-refractivity contribution is -0.0502. The van der Waals surface area contributed by atoms with Crippen LogP contribution >= 0.6 is 23.2 Å². The lowest BCUT2D eigenvalue weighted by atomic mass is 10.0. The summed E-state index contributed by atoms with van der Waals surface area (Å²) in [6.45, 7) is 9.27. The topological polar surface area (TPSA) is 54.0 Å². The lowest BCUT2D eigenvalue weighted by Gasteiger charge is -2.26. The van der Waals surface area contributed by atoms with Crippen molar-refractivity contribution in [2.75, 3.05) is 11.4 Å². The Morgan fingerprint density at radius 1 is 1.25 bits per heavy atom. The molecule has 148 valence electrons. The van der Waals surface area contributed by atoms with E-state index < -0.39 is 0 Å². The van der Waals surface area contributed by atoms with Crippen LogP contribution in [0.1, 0.15) is 34.1 Å². The summed E-state index contributed by atoms with van der Waals surface area (Å²) in [5.41, 5.74) is 2.55. The first-order valence-electron chi connectivity index (χ1n) is 9.45. The van der Waals surface area contributed by atoms with Crippen LogP contribution < -0.4 is 4.90 Å². The predicted octanol–water partition coefficient (Wildman–Crippen LogP) is 5.71. The molecule has 5 nitrogen and oxygen atoms in total. The minimum Gasteiger partial charge on any atom is -0.371 e. The number of anilines is 1. The number of pyridine rings is 1. The van der Waals surface area contributed by atoms with Gasteiger partial charge in [0.15, 0.2) is 0 Å². The SMILES string of the molecule is C[C@@H]1C[C@@H](OC(C)(C)C)CN1c1cc(-c2cn[nH]c2)c2ccc(Cl)c(Cl)c2n1. The number of benzene rings is 1. The van der Waals surface area contributed by atoms with E-state index in [0.29, 0.717) is 21.6 Å². The Morgan fingerprint density at radius 2 is 2.04 bits per heavy atom. The summed E-state index contributed by atoms with van der Waals surface area (Å²) < 4.78 is 6.22. The van der Waals surface area contributed by atoms with E-state index in [9.17, 15) is 0 Å². The Balaban J connectivity index is 1.81. The maximum atomic E-state index is 6.53. The molecule has 2 atom stereocenters. The number of aromatic amines is 1. The second kappa shape index (κ2) is 7.21. The van der Waals surface area contributed by atoms with Gasteiger partial charge >= 0.3 is 0 Å². The average molecular weight is 419 g/mol. The first-order valence-corrected chi connectivity index (χ1v) is 10.2. The minimum absolute atomic E-state index is 0.166. The molecule has 4 rings (SSSR count). The summed E-state index contributed by atoms with van der Waals surface area (Å²) in [5.74, 6) is 0.875. The lowest BCUT2D eigenvalue weighted by Crippen LogP contribution is -2.31. The van der Waals surface area contributed by atoms with Crippen molar-refractivity contribution < 1.29 is 4.74 Å². The van der Waals surface area contributed by atoms with E-state index in [1.807, 2.05) is 18.3 Å². The number of H-pyrrole nitrogens is 1. The Kier molecular flexibility index (Phi) is 5.02. The molecule has 1 aliphatic heterocycles. The molecule has 0 saturated carbocycles. The Bertz CT molecular complexity index is 998. The quantitative estimate of drug-likeness (QED) is 0.591. The van der Waals surface area contributed by atoms with E-state index >= 15 is 0 Å². The van der Waals surface area contributed by atoms with Gasteiger partial charge in [0.25, 0.3) is 0 Å². The van der Waals surface area contributed by atoms with Crippen LogP contribution in [0.25, 0.3) is 22.0 Å². The fraction of sp³-hybridized carbons (Fsp3) is 0.429. The fourth-order valence-corrected chi connectivity index (χ4v) is 4.25. The molecule has 2 aromatic heterocycles. The van der Waals surface area contributed by atoms with Gasteiger partial charge in [0.1, 0.15) is 5.82 Å². The van der Waals surface area contributed by atoms with E-state index in [1.165, 1.54) is 0 Å². The maximum Gasteiger partial charge on any atom is 0.130 e. The summed E-state index contributed by atoms with van der Waals surface area (Å²) in [5, 5.41) is 8.91. The van der Waals surface area contributed by atoms with Crippen LogP contribution in [0, 0.1) is 0 Å². The second-order valence-electron chi connectivity index (χ2n) is 8.36. The minimum atomic E-state index is -0.171. The number of nitrogens with one attached hydrogen (secondary N) is 1. The van der Waals surface area contributed by atoms with E-state index in [4.69, 9.17) is 32.9 Å². The molecule has 0 radical (unpaired) electrons. The summed E-state index contributed by atoms with van der Waals surface area (Å²) >= 11 is 12.8. The first-order chi connectivity index (χ1) is 13.2. The molecule has 0 unspecified atom stereocenters. The number of halogens is 2.